The van der Waals surface area contributed by atoms with Crippen LogP contribution in [-0.4, -0.2) is 9.55 Å². The highest BCUT2D eigenvalue weighted by molar-refractivity contribution is 6.07. The molecule has 0 amide bonds. The molecule has 0 aliphatic heterocycles. The number of para-hydroxylation sites is 1. The monoisotopic (exact) mass is 237 g/mol. The van der Waals surface area contributed by atoms with Gasteiger partial charge in [-0.05, 0) is 25.0 Å². The lowest BCUT2D eigenvalue weighted by molar-refractivity contribution is 0.545. The van der Waals surface area contributed by atoms with Crippen molar-refractivity contribution >= 4 is 21.8 Å². The minimum atomic E-state index is 0.614. The van der Waals surface area contributed by atoms with Crippen LogP contribution in [0.2, 0.25) is 0 Å². The quantitative estimate of drug-likeness (QED) is 0.658. The van der Waals surface area contributed by atoms with Gasteiger partial charge in [0.25, 0.3) is 0 Å². The third-order valence-electron chi connectivity index (χ3n) is 3.26. The number of hydrogen-bond acceptors (Lipinski definition) is 1. The zero-order valence-electron chi connectivity index (χ0n) is 10.9. The van der Waals surface area contributed by atoms with Crippen molar-refractivity contribution in [2.75, 3.05) is 0 Å². The fourth-order valence-corrected chi connectivity index (χ4v) is 2.55. The van der Waals surface area contributed by atoms with Gasteiger partial charge < -0.3 is 4.57 Å². The van der Waals surface area contributed by atoms with E-state index in [1.54, 1.807) is 0 Å². The molecule has 1 aromatic carbocycles. The van der Waals surface area contributed by atoms with Gasteiger partial charge >= 0.3 is 0 Å². The smallest absolute Gasteiger partial charge is 0.0678 e. The van der Waals surface area contributed by atoms with Crippen LogP contribution in [0.25, 0.3) is 21.8 Å². The molecule has 0 fully saturated rings. The largest absolute Gasteiger partial charge is 0.339 e. The van der Waals surface area contributed by atoms with E-state index in [1.807, 2.05) is 6.20 Å². The molecular formula is C16H17N2. The molecule has 0 saturated carbocycles. The van der Waals surface area contributed by atoms with Crippen molar-refractivity contribution in [3.8, 4) is 0 Å². The summed E-state index contributed by atoms with van der Waals surface area (Å²) >= 11 is 0. The Morgan fingerprint density at radius 1 is 1.17 bits per heavy atom. The lowest BCUT2D eigenvalue weighted by atomic mass is 10.2. The van der Waals surface area contributed by atoms with Gasteiger partial charge in [-0.2, -0.15) is 0 Å². The van der Waals surface area contributed by atoms with Crippen molar-refractivity contribution in [1.82, 2.24) is 9.55 Å². The summed E-state index contributed by atoms with van der Waals surface area (Å²) in [5.74, 6) is 0.614. The van der Waals surface area contributed by atoms with Crippen LogP contribution in [0.5, 0.6) is 0 Å². The Balaban J connectivity index is 2.42. The Kier molecular flexibility index (Phi) is 2.58. The van der Waals surface area contributed by atoms with E-state index in [9.17, 15) is 0 Å². The van der Waals surface area contributed by atoms with Gasteiger partial charge in [0, 0.05) is 28.5 Å². The summed E-state index contributed by atoms with van der Waals surface area (Å²) in [6, 6.07) is 10.6. The van der Waals surface area contributed by atoms with E-state index in [0.29, 0.717) is 5.92 Å². The van der Waals surface area contributed by atoms with Crippen molar-refractivity contribution in [2.24, 2.45) is 5.92 Å². The van der Waals surface area contributed by atoms with Crippen LogP contribution in [0.3, 0.4) is 0 Å². The number of rotatable bonds is 2. The lowest BCUT2D eigenvalue weighted by Crippen LogP contribution is -2.03. The van der Waals surface area contributed by atoms with Crippen molar-refractivity contribution in [3.63, 3.8) is 0 Å². The molecule has 2 heterocycles. The highest BCUT2D eigenvalue weighted by atomic mass is 15.0. The van der Waals surface area contributed by atoms with E-state index in [1.165, 1.54) is 21.8 Å². The van der Waals surface area contributed by atoms with Crippen molar-refractivity contribution < 1.29 is 0 Å². The number of aromatic nitrogens is 2. The summed E-state index contributed by atoms with van der Waals surface area (Å²) in [7, 11) is 0. The van der Waals surface area contributed by atoms with Crippen LogP contribution >= 0.6 is 0 Å². The first-order valence-electron chi connectivity index (χ1n) is 6.36. The van der Waals surface area contributed by atoms with Crippen LogP contribution < -0.4 is 0 Å². The van der Waals surface area contributed by atoms with Crippen molar-refractivity contribution in [1.29, 1.82) is 0 Å². The first-order valence-corrected chi connectivity index (χ1v) is 6.36. The van der Waals surface area contributed by atoms with Gasteiger partial charge in [0.2, 0.25) is 0 Å². The summed E-state index contributed by atoms with van der Waals surface area (Å²) in [5, 5.41) is 2.55. The van der Waals surface area contributed by atoms with Crippen LogP contribution in [-0.2, 0) is 6.54 Å². The Morgan fingerprint density at radius 2 is 1.94 bits per heavy atom. The average molecular weight is 237 g/mol. The maximum Gasteiger partial charge on any atom is 0.0678 e. The Hall–Kier alpha value is -1.83. The molecule has 0 atom stereocenters. The SMILES string of the molecule is [CH2]c1cc2c3ccccc3n(CC(C)C)c2cn1. The Labute approximate surface area is 107 Å². The summed E-state index contributed by atoms with van der Waals surface area (Å²) in [5.41, 5.74) is 3.32. The number of nitrogens with zero attached hydrogens (tertiary/aromatic N) is 2. The molecule has 91 valence electrons. The molecule has 0 aliphatic rings. The molecule has 3 rings (SSSR count). The van der Waals surface area contributed by atoms with Crippen LogP contribution in [0.15, 0.2) is 36.5 Å². The maximum absolute atomic E-state index is 4.34. The molecule has 0 saturated heterocycles. The van der Waals surface area contributed by atoms with Gasteiger partial charge in [-0.15, -0.1) is 0 Å². The molecule has 0 aliphatic carbocycles. The van der Waals surface area contributed by atoms with Gasteiger partial charge in [0.1, 0.15) is 0 Å². The Morgan fingerprint density at radius 3 is 2.72 bits per heavy atom. The molecule has 0 bridgehead atoms. The number of fused-ring (bicyclic) bond motifs is 3. The molecule has 2 heteroatoms. The number of hydrogen-bond donors (Lipinski definition) is 0. The van der Waals surface area contributed by atoms with E-state index >= 15 is 0 Å². The summed E-state index contributed by atoms with van der Waals surface area (Å²) in [6.07, 6.45) is 1.94. The first-order chi connectivity index (χ1) is 8.66. The standard InChI is InChI=1S/C16H17N2/c1-11(2)10-18-15-7-5-4-6-13(15)14-8-12(3)17-9-16(14)18/h4-9,11H,3,10H2,1-2H3. The molecule has 0 spiro atoms. The van der Waals surface area contributed by atoms with E-state index in [4.69, 9.17) is 0 Å². The van der Waals surface area contributed by atoms with E-state index < -0.39 is 0 Å². The number of pyridine rings is 1. The minimum absolute atomic E-state index is 0.614. The fourth-order valence-electron chi connectivity index (χ4n) is 2.55. The van der Waals surface area contributed by atoms with Crippen LogP contribution in [0.1, 0.15) is 19.5 Å². The highest BCUT2D eigenvalue weighted by Crippen LogP contribution is 2.29. The molecule has 3 aromatic rings. The topological polar surface area (TPSA) is 17.8 Å². The molecule has 1 radical (unpaired) electrons. The molecule has 0 N–H and O–H groups in total. The second-order valence-corrected chi connectivity index (χ2v) is 5.21. The summed E-state index contributed by atoms with van der Waals surface area (Å²) in [4.78, 5) is 4.34. The molecule has 18 heavy (non-hydrogen) atoms. The second kappa shape index (κ2) is 4.13. The van der Waals surface area contributed by atoms with Gasteiger partial charge in [-0.1, -0.05) is 32.0 Å². The zero-order chi connectivity index (χ0) is 12.7. The highest BCUT2D eigenvalue weighted by Gasteiger charge is 2.11. The van der Waals surface area contributed by atoms with E-state index in [-0.39, 0.29) is 0 Å². The fraction of sp³-hybridized carbons (Fsp3) is 0.250. The molecule has 2 nitrogen and oxygen atoms in total. The van der Waals surface area contributed by atoms with Gasteiger partial charge in [-0.25, -0.2) is 0 Å². The van der Waals surface area contributed by atoms with Crippen LogP contribution in [0, 0.1) is 12.8 Å². The van der Waals surface area contributed by atoms with Crippen molar-refractivity contribution in [2.45, 2.75) is 20.4 Å². The Bertz CT molecular complexity index is 708. The molecule has 2 aromatic heterocycles. The minimum Gasteiger partial charge on any atom is -0.339 e. The van der Waals surface area contributed by atoms with Gasteiger partial charge in [0.05, 0.1) is 11.7 Å². The second-order valence-electron chi connectivity index (χ2n) is 5.21. The zero-order valence-corrected chi connectivity index (χ0v) is 10.9. The average Bonchev–Trinajstić information content (AvgIpc) is 2.64. The third kappa shape index (κ3) is 1.69. The molecular weight excluding hydrogens is 220 g/mol. The van der Waals surface area contributed by atoms with Gasteiger partial charge in [0.15, 0.2) is 0 Å². The number of benzene rings is 1. The normalized spacial score (nSPS) is 11.8. The lowest BCUT2D eigenvalue weighted by Gasteiger charge is -2.09. The first kappa shape index (κ1) is 11.3. The van der Waals surface area contributed by atoms with E-state index in [0.717, 1.165) is 12.2 Å². The predicted octanol–water partition coefficient (Wildman–Crippen LogP) is 4.03. The summed E-state index contributed by atoms with van der Waals surface area (Å²) < 4.78 is 2.36. The predicted molar refractivity (Wildman–Crippen MR) is 76.5 cm³/mol. The van der Waals surface area contributed by atoms with Crippen molar-refractivity contribution in [3.05, 3.63) is 49.1 Å². The maximum atomic E-state index is 4.34. The van der Waals surface area contributed by atoms with Gasteiger partial charge in [-0.3, -0.25) is 4.98 Å². The molecule has 0 unspecified atom stereocenters. The van der Waals surface area contributed by atoms with E-state index in [2.05, 4.69) is 60.7 Å². The van der Waals surface area contributed by atoms with Crippen LogP contribution in [0.4, 0.5) is 0 Å². The third-order valence-corrected chi connectivity index (χ3v) is 3.26. The summed E-state index contributed by atoms with van der Waals surface area (Å²) in [6.45, 7) is 9.42.